The fourth-order valence-corrected chi connectivity index (χ4v) is 11.9. The topological polar surface area (TPSA) is 36.9 Å². The zero-order valence-corrected chi connectivity index (χ0v) is 37.4. The second-order valence-corrected chi connectivity index (χ2v) is 30.4. The van der Waals surface area contributed by atoms with Gasteiger partial charge in [-0.2, -0.15) is 0 Å². The molecule has 0 radical (unpaired) electrons. The standard InChI is InChI=1S/C44H80O4Si2/c1-32(20-18-27-43(9,10)46-40-22-16-17-29-45-40)37-25-26-38-34(21-19-28-44(37,38)11)23-24-35-30-36(47-49(12,13)41(3,4)5)31-39(33(35)2)48-50(14,15)42(6,7)8/h23-24,32,36-40H,2,16-22,25-31H2,1,3-15H3/b34-23+,35-24+/t32-,36+,37-,38?,39-,40?,44-/m1/s1. The molecule has 3 saturated carbocycles. The van der Waals surface area contributed by atoms with Gasteiger partial charge in [-0.1, -0.05) is 92.5 Å². The molecule has 3 aliphatic carbocycles. The quantitative estimate of drug-likeness (QED) is 0.188. The van der Waals surface area contributed by atoms with E-state index in [-0.39, 0.29) is 34.2 Å². The van der Waals surface area contributed by atoms with Gasteiger partial charge in [-0.05, 0) is 149 Å². The Morgan fingerprint density at radius 2 is 1.56 bits per heavy atom. The molecule has 0 amide bonds. The highest BCUT2D eigenvalue weighted by molar-refractivity contribution is 6.74. The van der Waals surface area contributed by atoms with Crippen molar-refractivity contribution in [2.45, 2.75) is 213 Å². The monoisotopic (exact) mass is 729 g/mol. The van der Waals surface area contributed by atoms with Gasteiger partial charge in [-0.15, -0.1) is 0 Å². The molecule has 0 bridgehead atoms. The highest BCUT2D eigenvalue weighted by atomic mass is 28.4. The van der Waals surface area contributed by atoms with Crippen molar-refractivity contribution < 1.29 is 18.3 Å². The fourth-order valence-electron chi connectivity index (χ4n) is 9.25. The number of hydrogen-bond donors (Lipinski definition) is 0. The molecular weight excluding hydrogens is 649 g/mol. The molecule has 7 atom stereocenters. The first-order chi connectivity index (χ1) is 23.0. The molecule has 4 fully saturated rings. The molecule has 0 aromatic heterocycles. The molecule has 0 spiro atoms. The van der Waals surface area contributed by atoms with Crippen molar-refractivity contribution in [3.05, 3.63) is 35.5 Å². The summed E-state index contributed by atoms with van der Waals surface area (Å²) in [5, 5.41) is 0.336. The van der Waals surface area contributed by atoms with E-state index in [4.69, 9.17) is 24.9 Å². The average molecular weight is 729 g/mol. The lowest BCUT2D eigenvalue weighted by molar-refractivity contribution is -0.217. The van der Waals surface area contributed by atoms with E-state index in [0.29, 0.717) is 11.3 Å². The van der Waals surface area contributed by atoms with E-state index in [1.54, 1.807) is 5.57 Å². The molecule has 6 heteroatoms. The Morgan fingerprint density at radius 1 is 0.900 bits per heavy atom. The first-order valence-corrected chi connectivity index (χ1v) is 26.5. The molecule has 0 N–H and O–H groups in total. The predicted molar refractivity (Wildman–Crippen MR) is 219 cm³/mol. The third-order valence-electron chi connectivity index (χ3n) is 14.5. The lowest BCUT2D eigenvalue weighted by Gasteiger charge is -2.46. The van der Waals surface area contributed by atoms with Crippen LogP contribution in [0.4, 0.5) is 0 Å². The van der Waals surface area contributed by atoms with Crippen molar-refractivity contribution in [2.75, 3.05) is 6.61 Å². The third-order valence-corrected chi connectivity index (χ3v) is 23.5. The highest BCUT2D eigenvalue weighted by Gasteiger charge is 2.51. The van der Waals surface area contributed by atoms with Gasteiger partial charge in [0.2, 0.25) is 0 Å². The minimum absolute atomic E-state index is 0.00920. The Labute approximate surface area is 312 Å². The maximum Gasteiger partial charge on any atom is 0.192 e. The summed E-state index contributed by atoms with van der Waals surface area (Å²) in [6.45, 7) is 38.9. The van der Waals surface area contributed by atoms with Gasteiger partial charge < -0.3 is 18.3 Å². The number of hydrogen-bond acceptors (Lipinski definition) is 4. The lowest BCUT2D eigenvalue weighted by Crippen LogP contribution is -2.49. The van der Waals surface area contributed by atoms with Crippen LogP contribution in [0.15, 0.2) is 35.5 Å². The second kappa shape index (κ2) is 16.1. The van der Waals surface area contributed by atoms with E-state index in [9.17, 15) is 0 Å². The fraction of sp³-hybridized carbons (Fsp3) is 0.864. The summed E-state index contributed by atoms with van der Waals surface area (Å²) >= 11 is 0. The van der Waals surface area contributed by atoms with Crippen molar-refractivity contribution in [1.82, 2.24) is 0 Å². The molecule has 4 rings (SSSR count). The lowest BCUT2D eigenvalue weighted by atomic mass is 9.60. The van der Waals surface area contributed by atoms with E-state index >= 15 is 0 Å². The number of fused-ring (bicyclic) bond motifs is 1. The Balaban J connectivity index is 1.47. The maximum atomic E-state index is 7.12. The smallest absolute Gasteiger partial charge is 0.192 e. The normalized spacial score (nSPS) is 32.8. The van der Waals surface area contributed by atoms with E-state index in [1.165, 1.54) is 68.9 Å². The Hall–Kier alpha value is -0.506. The van der Waals surface area contributed by atoms with Crippen LogP contribution in [0, 0.1) is 23.2 Å². The van der Waals surface area contributed by atoms with E-state index in [2.05, 4.69) is 108 Å². The van der Waals surface area contributed by atoms with Crippen molar-refractivity contribution >= 4 is 16.6 Å². The van der Waals surface area contributed by atoms with Gasteiger partial charge in [0.1, 0.15) is 0 Å². The summed E-state index contributed by atoms with van der Waals surface area (Å²) < 4.78 is 26.6. The summed E-state index contributed by atoms with van der Waals surface area (Å²) in [6.07, 6.45) is 20.7. The molecule has 0 aromatic rings. The number of allylic oxidation sites excluding steroid dienone is 3. The van der Waals surface area contributed by atoms with Crippen LogP contribution < -0.4 is 0 Å². The van der Waals surface area contributed by atoms with Crippen LogP contribution in [0.2, 0.25) is 36.3 Å². The molecule has 1 aliphatic heterocycles. The minimum atomic E-state index is -1.98. The second-order valence-electron chi connectivity index (χ2n) is 20.9. The van der Waals surface area contributed by atoms with Crippen molar-refractivity contribution in [1.29, 1.82) is 0 Å². The van der Waals surface area contributed by atoms with E-state index in [0.717, 1.165) is 44.1 Å². The Bertz CT molecular complexity index is 1210. The van der Waals surface area contributed by atoms with Crippen LogP contribution in [-0.4, -0.2) is 47.3 Å². The Kier molecular flexibility index (Phi) is 13.6. The first kappa shape index (κ1) is 42.2. The van der Waals surface area contributed by atoms with Gasteiger partial charge >= 0.3 is 0 Å². The average Bonchev–Trinajstić information content (AvgIpc) is 3.34. The van der Waals surface area contributed by atoms with Crippen LogP contribution in [0.25, 0.3) is 0 Å². The summed E-state index contributed by atoms with van der Waals surface area (Å²) in [5.41, 5.74) is 4.51. The molecule has 288 valence electrons. The first-order valence-electron chi connectivity index (χ1n) is 20.7. The van der Waals surface area contributed by atoms with Crippen LogP contribution in [0.3, 0.4) is 0 Å². The largest absolute Gasteiger partial charge is 0.413 e. The summed E-state index contributed by atoms with van der Waals surface area (Å²) in [7, 11) is -3.91. The van der Waals surface area contributed by atoms with Crippen LogP contribution >= 0.6 is 0 Å². The zero-order chi connectivity index (χ0) is 37.3. The zero-order valence-electron chi connectivity index (χ0n) is 35.4. The van der Waals surface area contributed by atoms with Gasteiger partial charge in [-0.25, -0.2) is 0 Å². The SMILES string of the molecule is C=C1/C(=C/C=C2\CCC[C@@]3(C)C2CC[C@@H]3[C@H](C)CCCC(C)(C)OC2CCCCO2)C[C@H](O[Si](C)(C)C(C)(C)C)C[C@H]1O[Si](C)(C)C(C)(C)C. The van der Waals surface area contributed by atoms with Gasteiger partial charge in [0.05, 0.1) is 17.8 Å². The molecule has 1 saturated heterocycles. The molecular formula is C44H80O4Si2. The van der Waals surface area contributed by atoms with E-state index < -0.39 is 16.6 Å². The third kappa shape index (κ3) is 10.2. The van der Waals surface area contributed by atoms with E-state index in [1.807, 2.05) is 0 Å². The molecule has 4 aliphatic rings. The number of ether oxygens (including phenoxy) is 2. The van der Waals surface area contributed by atoms with Gasteiger partial charge in [-0.3, -0.25) is 0 Å². The molecule has 0 aromatic carbocycles. The van der Waals surface area contributed by atoms with Gasteiger partial charge in [0.25, 0.3) is 0 Å². The Morgan fingerprint density at radius 3 is 2.18 bits per heavy atom. The molecule has 1 heterocycles. The van der Waals surface area contributed by atoms with Crippen LogP contribution in [-0.2, 0) is 18.3 Å². The summed E-state index contributed by atoms with van der Waals surface area (Å²) in [6, 6.07) is 0. The summed E-state index contributed by atoms with van der Waals surface area (Å²) in [4.78, 5) is 0. The maximum absolute atomic E-state index is 7.12. The van der Waals surface area contributed by atoms with Gasteiger partial charge in [0, 0.05) is 13.0 Å². The highest BCUT2D eigenvalue weighted by Crippen LogP contribution is 2.60. The minimum Gasteiger partial charge on any atom is -0.413 e. The van der Waals surface area contributed by atoms with Crippen molar-refractivity contribution in [2.24, 2.45) is 23.2 Å². The van der Waals surface area contributed by atoms with Crippen LogP contribution in [0.5, 0.6) is 0 Å². The predicted octanol–water partition coefficient (Wildman–Crippen LogP) is 13.3. The number of rotatable bonds is 12. The van der Waals surface area contributed by atoms with Crippen molar-refractivity contribution in [3.63, 3.8) is 0 Å². The molecule has 4 nitrogen and oxygen atoms in total. The van der Waals surface area contributed by atoms with Gasteiger partial charge in [0.15, 0.2) is 22.9 Å². The molecule has 50 heavy (non-hydrogen) atoms. The van der Waals surface area contributed by atoms with Crippen molar-refractivity contribution in [3.8, 4) is 0 Å². The van der Waals surface area contributed by atoms with Crippen LogP contribution in [0.1, 0.15) is 153 Å². The summed E-state index contributed by atoms with van der Waals surface area (Å²) in [5.74, 6) is 2.23. The molecule has 2 unspecified atom stereocenters.